The van der Waals surface area contributed by atoms with Gasteiger partial charge in [0.05, 0.1) is 11.8 Å². The van der Waals surface area contributed by atoms with Gasteiger partial charge in [0, 0.05) is 24.1 Å². The Bertz CT molecular complexity index is 613. The molecule has 0 radical (unpaired) electrons. The molecular formula is C16H20N2O3. The lowest BCUT2D eigenvalue weighted by Gasteiger charge is -2.19. The molecule has 0 aromatic carbocycles. The average molecular weight is 288 g/mol. The van der Waals surface area contributed by atoms with E-state index < -0.39 is 5.97 Å². The monoisotopic (exact) mass is 288 g/mol. The van der Waals surface area contributed by atoms with E-state index in [-0.39, 0.29) is 11.0 Å². The van der Waals surface area contributed by atoms with Crippen LogP contribution in [0.15, 0.2) is 34.9 Å². The lowest BCUT2D eigenvalue weighted by molar-refractivity contribution is 0.0696. The quantitative estimate of drug-likeness (QED) is 0.882. The van der Waals surface area contributed by atoms with Crippen molar-refractivity contribution in [3.8, 4) is 0 Å². The Hall–Kier alpha value is -2.30. The van der Waals surface area contributed by atoms with Crippen molar-refractivity contribution in [1.29, 1.82) is 0 Å². The Morgan fingerprint density at radius 3 is 2.71 bits per heavy atom. The van der Waals surface area contributed by atoms with Crippen LogP contribution in [0, 0.1) is 0 Å². The van der Waals surface area contributed by atoms with E-state index in [1.165, 1.54) is 0 Å². The van der Waals surface area contributed by atoms with Crippen LogP contribution < -0.4 is 5.32 Å². The number of aromatic nitrogens is 1. The molecule has 0 saturated carbocycles. The molecule has 0 bridgehead atoms. The number of rotatable bonds is 5. The third-order valence-electron chi connectivity index (χ3n) is 3.10. The van der Waals surface area contributed by atoms with Gasteiger partial charge in [-0.1, -0.05) is 20.8 Å². The highest BCUT2D eigenvalue weighted by molar-refractivity contribution is 5.88. The molecule has 5 nitrogen and oxygen atoms in total. The summed E-state index contributed by atoms with van der Waals surface area (Å²) in [6.45, 7) is 6.65. The Balaban J connectivity index is 2.14. The van der Waals surface area contributed by atoms with E-state index in [1.54, 1.807) is 18.4 Å². The number of carboxylic acids is 1. The van der Waals surface area contributed by atoms with E-state index >= 15 is 0 Å². The summed E-state index contributed by atoms with van der Waals surface area (Å²) < 4.78 is 5.26. The van der Waals surface area contributed by atoms with Crippen molar-refractivity contribution >= 4 is 11.8 Å². The molecule has 0 spiro atoms. The maximum Gasteiger partial charge on any atom is 0.335 e. The molecule has 5 heteroatoms. The van der Waals surface area contributed by atoms with Crippen LogP contribution in [0.3, 0.4) is 0 Å². The summed E-state index contributed by atoms with van der Waals surface area (Å²) in [5.74, 6) is 0.510. The van der Waals surface area contributed by atoms with Crippen molar-refractivity contribution in [1.82, 2.24) is 4.98 Å². The second kappa shape index (κ2) is 5.99. The minimum Gasteiger partial charge on any atom is -0.478 e. The summed E-state index contributed by atoms with van der Waals surface area (Å²) in [6.07, 6.45) is 2.35. The maximum absolute atomic E-state index is 11.2. The summed E-state index contributed by atoms with van der Waals surface area (Å²) in [6, 6.07) is 6.93. The first-order valence-electron chi connectivity index (χ1n) is 6.88. The molecule has 0 saturated heterocycles. The van der Waals surface area contributed by atoms with Crippen molar-refractivity contribution < 1.29 is 14.3 Å². The number of hydrogen-bond donors (Lipinski definition) is 2. The van der Waals surface area contributed by atoms with Gasteiger partial charge in [0.1, 0.15) is 11.6 Å². The van der Waals surface area contributed by atoms with E-state index in [4.69, 9.17) is 4.42 Å². The molecule has 21 heavy (non-hydrogen) atoms. The molecule has 2 rings (SSSR count). The molecule has 2 N–H and O–H groups in total. The number of nitrogens with zero attached hydrogens (tertiary/aromatic N) is 1. The van der Waals surface area contributed by atoms with Gasteiger partial charge in [-0.25, -0.2) is 9.78 Å². The number of anilines is 1. The first kappa shape index (κ1) is 15.1. The Morgan fingerprint density at radius 2 is 2.14 bits per heavy atom. The van der Waals surface area contributed by atoms with Crippen molar-refractivity contribution in [3.63, 3.8) is 0 Å². The number of carbonyl (C=O) groups is 1. The second-order valence-electron chi connectivity index (χ2n) is 5.94. The van der Waals surface area contributed by atoms with E-state index in [1.807, 2.05) is 32.9 Å². The lowest BCUT2D eigenvalue weighted by Crippen LogP contribution is -2.17. The van der Waals surface area contributed by atoms with Gasteiger partial charge in [0.15, 0.2) is 0 Å². The topological polar surface area (TPSA) is 75.4 Å². The third kappa shape index (κ3) is 4.08. The standard InChI is InChI=1S/C16H20N2O3/c1-16(2,3)13-9-11(15(19)20)10-14(18-13)17-7-6-12-5-4-8-21-12/h4-5,8-10H,6-7H2,1-3H3,(H,17,18)(H,19,20). The molecule has 0 atom stereocenters. The third-order valence-corrected chi connectivity index (χ3v) is 3.10. The average Bonchev–Trinajstić information content (AvgIpc) is 2.90. The Kier molecular flexibility index (Phi) is 4.31. The summed E-state index contributed by atoms with van der Waals surface area (Å²) in [4.78, 5) is 15.7. The SMILES string of the molecule is CC(C)(C)c1cc(C(=O)O)cc(NCCc2ccco2)n1. The molecule has 2 heterocycles. The number of carboxylic acid groups (broad SMARTS) is 1. The maximum atomic E-state index is 11.2. The van der Waals surface area contributed by atoms with Crippen LogP contribution in [0.25, 0.3) is 0 Å². The summed E-state index contributed by atoms with van der Waals surface area (Å²) in [5.41, 5.74) is 0.793. The van der Waals surface area contributed by atoms with Gasteiger partial charge in [0.2, 0.25) is 0 Å². The molecule has 0 amide bonds. The first-order chi connectivity index (χ1) is 9.86. The van der Waals surface area contributed by atoms with Crippen molar-refractivity contribution in [3.05, 3.63) is 47.5 Å². The number of furan rings is 1. The summed E-state index contributed by atoms with van der Waals surface area (Å²) in [7, 11) is 0. The molecular weight excluding hydrogens is 268 g/mol. The fourth-order valence-electron chi connectivity index (χ4n) is 1.90. The molecule has 0 aliphatic rings. The number of hydrogen-bond acceptors (Lipinski definition) is 4. The van der Waals surface area contributed by atoms with Crippen LogP contribution in [0.1, 0.15) is 42.6 Å². The zero-order valence-electron chi connectivity index (χ0n) is 12.5. The van der Waals surface area contributed by atoms with E-state index in [2.05, 4.69) is 10.3 Å². The van der Waals surface area contributed by atoms with Crippen LogP contribution in [0.2, 0.25) is 0 Å². The van der Waals surface area contributed by atoms with Crippen LogP contribution in [0.5, 0.6) is 0 Å². The van der Waals surface area contributed by atoms with Gasteiger partial charge >= 0.3 is 5.97 Å². The molecule has 0 unspecified atom stereocenters. The normalized spacial score (nSPS) is 11.4. The van der Waals surface area contributed by atoms with Gasteiger partial charge in [-0.2, -0.15) is 0 Å². The fraction of sp³-hybridized carbons (Fsp3) is 0.375. The van der Waals surface area contributed by atoms with Crippen LogP contribution in [-0.4, -0.2) is 22.6 Å². The van der Waals surface area contributed by atoms with Gasteiger partial charge in [0.25, 0.3) is 0 Å². The first-order valence-corrected chi connectivity index (χ1v) is 6.88. The fourth-order valence-corrected chi connectivity index (χ4v) is 1.90. The largest absolute Gasteiger partial charge is 0.478 e. The second-order valence-corrected chi connectivity index (χ2v) is 5.94. The molecule has 2 aromatic heterocycles. The molecule has 0 aliphatic heterocycles. The summed E-state index contributed by atoms with van der Waals surface area (Å²) in [5, 5.41) is 12.4. The Labute approximate surface area is 124 Å². The molecule has 112 valence electrons. The lowest BCUT2D eigenvalue weighted by atomic mass is 9.91. The smallest absolute Gasteiger partial charge is 0.335 e. The highest BCUT2D eigenvalue weighted by Gasteiger charge is 2.19. The minimum absolute atomic E-state index is 0.205. The number of nitrogens with one attached hydrogen (secondary N) is 1. The van der Waals surface area contributed by atoms with Crippen LogP contribution in [0.4, 0.5) is 5.82 Å². The van der Waals surface area contributed by atoms with Crippen molar-refractivity contribution in [2.45, 2.75) is 32.6 Å². The number of aromatic carboxylic acids is 1. The van der Waals surface area contributed by atoms with Gasteiger partial charge < -0.3 is 14.8 Å². The molecule has 0 aliphatic carbocycles. The Morgan fingerprint density at radius 1 is 1.38 bits per heavy atom. The van der Waals surface area contributed by atoms with Gasteiger partial charge in [-0.3, -0.25) is 0 Å². The molecule has 0 fully saturated rings. The summed E-state index contributed by atoms with van der Waals surface area (Å²) >= 11 is 0. The predicted molar refractivity (Wildman–Crippen MR) is 80.8 cm³/mol. The van der Waals surface area contributed by atoms with Crippen LogP contribution >= 0.6 is 0 Å². The minimum atomic E-state index is -0.947. The van der Waals surface area contributed by atoms with Crippen molar-refractivity contribution in [2.75, 3.05) is 11.9 Å². The van der Waals surface area contributed by atoms with Crippen LogP contribution in [-0.2, 0) is 11.8 Å². The van der Waals surface area contributed by atoms with E-state index in [0.717, 1.165) is 17.9 Å². The van der Waals surface area contributed by atoms with E-state index in [0.29, 0.717) is 12.4 Å². The number of pyridine rings is 1. The van der Waals surface area contributed by atoms with E-state index in [9.17, 15) is 9.90 Å². The zero-order chi connectivity index (χ0) is 15.5. The zero-order valence-corrected chi connectivity index (χ0v) is 12.5. The molecule has 2 aromatic rings. The highest BCUT2D eigenvalue weighted by atomic mass is 16.4. The predicted octanol–water partition coefficient (Wildman–Crippen LogP) is 3.32. The highest BCUT2D eigenvalue weighted by Crippen LogP contribution is 2.23. The van der Waals surface area contributed by atoms with Gasteiger partial charge in [-0.05, 0) is 24.3 Å². The van der Waals surface area contributed by atoms with Gasteiger partial charge in [-0.15, -0.1) is 0 Å². The van der Waals surface area contributed by atoms with Crippen molar-refractivity contribution in [2.24, 2.45) is 0 Å².